The fourth-order valence-corrected chi connectivity index (χ4v) is 3.90. The topological polar surface area (TPSA) is 73.9 Å². The lowest BCUT2D eigenvalue weighted by atomic mass is 9.90. The van der Waals surface area contributed by atoms with E-state index in [4.69, 9.17) is 4.74 Å². The summed E-state index contributed by atoms with van der Waals surface area (Å²) in [5, 5.41) is 11.4. The quantitative estimate of drug-likeness (QED) is 0.482. The number of carbonyl (C=O) groups excluding carboxylic acids is 1. The molecule has 1 fully saturated rings. The molecule has 2 aromatic rings. The summed E-state index contributed by atoms with van der Waals surface area (Å²) in [6.45, 7) is 2.37. The van der Waals surface area contributed by atoms with Gasteiger partial charge in [0.2, 0.25) is 0 Å². The molecular weight excluding hydrogens is 344 g/mol. The number of hydrogen-bond donors (Lipinski definition) is 1. The van der Waals surface area contributed by atoms with Crippen LogP contribution in [0.15, 0.2) is 48.5 Å². The van der Waals surface area contributed by atoms with Gasteiger partial charge in [-0.1, -0.05) is 36.4 Å². The lowest BCUT2D eigenvalue weighted by Gasteiger charge is -2.29. The van der Waals surface area contributed by atoms with E-state index in [-0.39, 0.29) is 5.69 Å². The first-order valence-electron chi connectivity index (χ1n) is 9.30. The number of methoxy groups -OCH3 is 1. The third-order valence-corrected chi connectivity index (χ3v) is 5.36. The second-order valence-corrected chi connectivity index (χ2v) is 7.11. The van der Waals surface area contributed by atoms with E-state index in [9.17, 15) is 14.9 Å². The Labute approximate surface area is 158 Å². The van der Waals surface area contributed by atoms with Crippen LogP contribution in [0, 0.1) is 16.0 Å². The Bertz CT molecular complexity index is 799. The molecule has 0 radical (unpaired) electrons. The molecule has 0 bridgehead atoms. The first-order valence-corrected chi connectivity index (χ1v) is 9.30. The smallest absolute Gasteiger partial charge is 0.338 e. The first kappa shape index (κ1) is 19.0. The van der Waals surface area contributed by atoms with Crippen LogP contribution in [0.5, 0.6) is 0 Å². The van der Waals surface area contributed by atoms with Crippen LogP contribution in [0.25, 0.3) is 0 Å². The normalized spacial score (nSPS) is 19.4. The van der Waals surface area contributed by atoms with Crippen molar-refractivity contribution in [3.8, 4) is 0 Å². The van der Waals surface area contributed by atoms with Gasteiger partial charge in [0.25, 0.3) is 5.69 Å². The standard InChI is InChI=1S/C21H24N2O4/c1-27-21(24)18-8-5-9-20(23(25)26)19(18)15-22-12-10-17(11-13-22)14-16-6-3-2-4-7-16/h2-9,17H,10-15H2,1H3/p+1. The number of likely N-dealkylation sites (tertiary alicyclic amines) is 1. The number of ether oxygens (including phenoxy) is 1. The van der Waals surface area contributed by atoms with Crippen molar-refractivity contribution in [2.45, 2.75) is 25.8 Å². The minimum Gasteiger partial charge on any atom is -0.465 e. The number of piperidine rings is 1. The van der Waals surface area contributed by atoms with Crippen LogP contribution in [0.4, 0.5) is 5.69 Å². The van der Waals surface area contributed by atoms with Crippen LogP contribution in [0.3, 0.4) is 0 Å². The Morgan fingerprint density at radius 2 is 1.85 bits per heavy atom. The van der Waals surface area contributed by atoms with Gasteiger partial charge >= 0.3 is 5.97 Å². The highest BCUT2D eigenvalue weighted by Crippen LogP contribution is 2.23. The Kier molecular flexibility index (Phi) is 6.19. The number of hydrogen-bond acceptors (Lipinski definition) is 4. The SMILES string of the molecule is COC(=O)c1cccc([N+](=O)[O-])c1C[NH+]1CCC(Cc2ccccc2)CC1. The van der Waals surface area contributed by atoms with Gasteiger partial charge in [-0.2, -0.15) is 0 Å². The average molecular weight is 369 g/mol. The molecule has 6 nitrogen and oxygen atoms in total. The zero-order valence-corrected chi connectivity index (χ0v) is 15.5. The molecule has 3 rings (SSSR count). The molecule has 0 amide bonds. The minimum atomic E-state index is -0.521. The monoisotopic (exact) mass is 369 g/mol. The van der Waals surface area contributed by atoms with Crippen molar-refractivity contribution in [3.63, 3.8) is 0 Å². The molecule has 0 aliphatic carbocycles. The van der Waals surface area contributed by atoms with E-state index >= 15 is 0 Å². The molecule has 0 aromatic heterocycles. The molecular formula is C21H25N2O4+. The third kappa shape index (κ3) is 4.71. The summed E-state index contributed by atoms with van der Waals surface area (Å²) in [4.78, 5) is 24.3. The highest BCUT2D eigenvalue weighted by molar-refractivity contribution is 5.92. The van der Waals surface area contributed by atoms with E-state index in [2.05, 4.69) is 24.3 Å². The molecule has 6 heteroatoms. The van der Waals surface area contributed by atoms with Crippen molar-refractivity contribution < 1.29 is 19.4 Å². The van der Waals surface area contributed by atoms with Crippen LogP contribution in [-0.4, -0.2) is 31.1 Å². The number of esters is 1. The summed E-state index contributed by atoms with van der Waals surface area (Å²) in [5.41, 5.74) is 2.13. The summed E-state index contributed by atoms with van der Waals surface area (Å²) < 4.78 is 4.81. The van der Waals surface area contributed by atoms with Gasteiger partial charge in [-0.25, -0.2) is 4.79 Å². The zero-order valence-electron chi connectivity index (χ0n) is 15.5. The van der Waals surface area contributed by atoms with Gasteiger partial charge < -0.3 is 9.64 Å². The summed E-state index contributed by atoms with van der Waals surface area (Å²) in [6, 6.07) is 15.1. The minimum absolute atomic E-state index is 0.00295. The molecule has 1 aliphatic rings. The number of benzene rings is 2. The molecule has 27 heavy (non-hydrogen) atoms. The number of rotatable bonds is 6. The summed E-state index contributed by atoms with van der Waals surface area (Å²) >= 11 is 0. The van der Waals surface area contributed by atoms with Crippen molar-refractivity contribution in [1.82, 2.24) is 0 Å². The number of quaternary nitrogens is 1. The van der Waals surface area contributed by atoms with Gasteiger partial charge in [-0.3, -0.25) is 10.1 Å². The highest BCUT2D eigenvalue weighted by Gasteiger charge is 2.28. The van der Waals surface area contributed by atoms with Crippen LogP contribution >= 0.6 is 0 Å². The van der Waals surface area contributed by atoms with Crippen LogP contribution in [-0.2, 0) is 17.7 Å². The van der Waals surface area contributed by atoms with E-state index in [1.54, 1.807) is 6.07 Å². The maximum absolute atomic E-state index is 12.1. The highest BCUT2D eigenvalue weighted by atomic mass is 16.6. The van der Waals surface area contributed by atoms with Crippen molar-refractivity contribution in [2.75, 3.05) is 20.2 Å². The van der Waals surface area contributed by atoms with E-state index in [1.807, 2.05) is 6.07 Å². The Morgan fingerprint density at radius 1 is 1.15 bits per heavy atom. The summed E-state index contributed by atoms with van der Waals surface area (Å²) in [5.74, 6) is 0.119. The molecule has 1 saturated heterocycles. The fraction of sp³-hybridized carbons (Fsp3) is 0.381. The predicted molar refractivity (Wildman–Crippen MR) is 102 cm³/mol. The molecule has 0 unspecified atom stereocenters. The van der Waals surface area contributed by atoms with Crippen molar-refractivity contribution in [2.24, 2.45) is 5.92 Å². The Balaban J connectivity index is 1.68. The molecule has 1 N–H and O–H groups in total. The Hall–Kier alpha value is -2.73. The van der Waals surface area contributed by atoms with Gasteiger partial charge in [0.15, 0.2) is 0 Å². The number of nitrogens with zero attached hydrogens (tertiary/aromatic N) is 1. The first-order chi connectivity index (χ1) is 13.1. The van der Waals surface area contributed by atoms with E-state index in [0.29, 0.717) is 23.6 Å². The predicted octanol–water partition coefficient (Wildman–Crippen LogP) is 2.42. The van der Waals surface area contributed by atoms with Crippen LogP contribution < -0.4 is 4.90 Å². The molecule has 142 valence electrons. The summed E-state index contributed by atoms with van der Waals surface area (Å²) in [6.07, 6.45) is 3.24. The molecule has 1 aliphatic heterocycles. The molecule has 0 saturated carbocycles. The second kappa shape index (κ2) is 8.77. The number of nitro benzene ring substituents is 1. The van der Waals surface area contributed by atoms with Gasteiger partial charge in [0, 0.05) is 6.07 Å². The van der Waals surface area contributed by atoms with Crippen molar-refractivity contribution in [3.05, 3.63) is 75.3 Å². The van der Waals surface area contributed by atoms with Gasteiger partial charge in [-0.15, -0.1) is 0 Å². The largest absolute Gasteiger partial charge is 0.465 e. The van der Waals surface area contributed by atoms with Crippen LogP contribution in [0.2, 0.25) is 0 Å². The van der Waals surface area contributed by atoms with E-state index < -0.39 is 10.9 Å². The number of nitrogens with one attached hydrogen (secondary N) is 1. The molecule has 1 heterocycles. The average Bonchev–Trinajstić information content (AvgIpc) is 2.69. The van der Waals surface area contributed by atoms with Gasteiger partial charge in [0.05, 0.1) is 36.2 Å². The van der Waals surface area contributed by atoms with Crippen LogP contribution in [0.1, 0.15) is 34.3 Å². The lowest BCUT2D eigenvalue weighted by Crippen LogP contribution is -3.11. The molecule has 0 atom stereocenters. The maximum Gasteiger partial charge on any atom is 0.338 e. The summed E-state index contributed by atoms with van der Waals surface area (Å²) in [7, 11) is 1.30. The molecule has 0 spiro atoms. The van der Waals surface area contributed by atoms with Gasteiger partial charge in [-0.05, 0) is 36.8 Å². The fourth-order valence-electron chi connectivity index (χ4n) is 3.90. The molecule has 2 aromatic carbocycles. The number of carbonyl (C=O) groups is 1. The lowest BCUT2D eigenvalue weighted by molar-refractivity contribution is -0.919. The van der Waals surface area contributed by atoms with Crippen molar-refractivity contribution in [1.29, 1.82) is 0 Å². The number of nitro groups is 1. The maximum atomic E-state index is 12.1. The zero-order chi connectivity index (χ0) is 19.2. The van der Waals surface area contributed by atoms with Gasteiger partial charge in [0.1, 0.15) is 6.54 Å². The Morgan fingerprint density at radius 3 is 2.48 bits per heavy atom. The van der Waals surface area contributed by atoms with Crippen molar-refractivity contribution >= 4 is 11.7 Å². The van der Waals surface area contributed by atoms with E-state index in [0.717, 1.165) is 32.4 Å². The second-order valence-electron chi connectivity index (χ2n) is 7.11. The third-order valence-electron chi connectivity index (χ3n) is 5.36. The van der Waals surface area contributed by atoms with E-state index in [1.165, 1.54) is 29.7 Å².